The van der Waals surface area contributed by atoms with Gasteiger partial charge in [0.05, 0.1) is 29.1 Å². The van der Waals surface area contributed by atoms with Gasteiger partial charge < -0.3 is 9.64 Å². The molecule has 1 aromatic carbocycles. The minimum Gasteiger partial charge on any atom is -0.466 e. The molecule has 194 valence electrons. The minimum absolute atomic E-state index is 0.00193. The summed E-state index contributed by atoms with van der Waals surface area (Å²) in [5, 5.41) is 0.578. The summed E-state index contributed by atoms with van der Waals surface area (Å²) in [4.78, 5) is 22.1. The molecule has 1 aliphatic rings. The van der Waals surface area contributed by atoms with E-state index in [4.69, 9.17) is 4.74 Å². The monoisotopic (exact) mass is 535 g/mol. The standard InChI is InChI=1S/C23H29N5O6S2/c1-4-34-21(29)10-12-35(30,31)26-17-13-18(14-17)27(3)22-20-9-11-28(23(20)25-15-24-22)36(32,33)19-7-5-16(2)6-8-19/h5-9,11,15,17-18,26H,4,10,12-14H2,1-3H3. The molecule has 13 heteroatoms. The van der Waals surface area contributed by atoms with E-state index in [-0.39, 0.29) is 41.4 Å². The Bertz CT molecular complexity index is 1460. The van der Waals surface area contributed by atoms with Crippen LogP contribution in [0, 0.1) is 6.92 Å². The highest BCUT2D eigenvalue weighted by Crippen LogP contribution is 2.33. The molecule has 2 aromatic heterocycles. The molecule has 1 N–H and O–H groups in total. The molecule has 1 fully saturated rings. The zero-order valence-corrected chi connectivity index (χ0v) is 21.9. The number of hydrogen-bond donors (Lipinski definition) is 1. The van der Waals surface area contributed by atoms with Gasteiger partial charge in [-0.2, -0.15) is 0 Å². The van der Waals surface area contributed by atoms with Gasteiger partial charge in [-0.1, -0.05) is 17.7 Å². The van der Waals surface area contributed by atoms with Crippen LogP contribution in [0.2, 0.25) is 0 Å². The predicted molar refractivity (Wildman–Crippen MR) is 135 cm³/mol. The van der Waals surface area contributed by atoms with Crippen molar-refractivity contribution in [3.05, 3.63) is 48.4 Å². The molecule has 0 bridgehead atoms. The third-order valence-corrected chi connectivity index (χ3v) is 9.34. The number of sulfonamides is 1. The van der Waals surface area contributed by atoms with E-state index in [0.717, 1.165) is 9.54 Å². The van der Waals surface area contributed by atoms with Gasteiger partial charge in [0.1, 0.15) is 12.1 Å². The highest BCUT2D eigenvalue weighted by molar-refractivity contribution is 7.90. The van der Waals surface area contributed by atoms with Gasteiger partial charge in [-0.15, -0.1) is 0 Å². The lowest BCUT2D eigenvalue weighted by atomic mass is 9.86. The second kappa shape index (κ2) is 10.1. The summed E-state index contributed by atoms with van der Waals surface area (Å²) in [5.74, 6) is -0.303. The van der Waals surface area contributed by atoms with Gasteiger partial charge in [-0.05, 0) is 44.9 Å². The SMILES string of the molecule is CCOC(=O)CCS(=O)(=O)NC1CC(N(C)c2ncnc3c2ccn3S(=O)(=O)c2ccc(C)cc2)C1. The second-order valence-electron chi connectivity index (χ2n) is 8.79. The van der Waals surface area contributed by atoms with Gasteiger partial charge in [0.25, 0.3) is 10.0 Å². The number of fused-ring (bicyclic) bond motifs is 1. The Labute approximate surface area is 210 Å². The average molecular weight is 536 g/mol. The number of anilines is 1. The molecule has 0 spiro atoms. The van der Waals surface area contributed by atoms with Gasteiger partial charge in [0.15, 0.2) is 5.65 Å². The highest BCUT2D eigenvalue weighted by atomic mass is 32.2. The summed E-state index contributed by atoms with van der Waals surface area (Å²) in [5.41, 5.74) is 1.22. The van der Waals surface area contributed by atoms with Crippen LogP contribution in [-0.4, -0.2) is 68.2 Å². The molecule has 0 amide bonds. The van der Waals surface area contributed by atoms with E-state index in [1.807, 2.05) is 18.9 Å². The molecular formula is C23H29N5O6S2. The first-order valence-corrected chi connectivity index (χ1v) is 14.6. The first-order chi connectivity index (χ1) is 17.0. The quantitative estimate of drug-likeness (QED) is 0.385. The second-order valence-corrected chi connectivity index (χ2v) is 12.5. The van der Waals surface area contributed by atoms with Gasteiger partial charge in [0, 0.05) is 25.3 Å². The van der Waals surface area contributed by atoms with Crippen molar-refractivity contribution < 1.29 is 26.4 Å². The Hall–Kier alpha value is -3.03. The Morgan fingerprint density at radius 2 is 1.83 bits per heavy atom. The molecule has 36 heavy (non-hydrogen) atoms. The van der Waals surface area contributed by atoms with E-state index in [9.17, 15) is 21.6 Å². The smallest absolute Gasteiger partial charge is 0.306 e. The van der Waals surface area contributed by atoms with Crippen molar-refractivity contribution >= 4 is 42.9 Å². The van der Waals surface area contributed by atoms with E-state index in [1.54, 1.807) is 37.3 Å². The molecule has 2 heterocycles. The number of carbonyl (C=O) groups is 1. The normalized spacial score (nSPS) is 18.1. The maximum atomic E-state index is 13.2. The number of esters is 1. The first-order valence-electron chi connectivity index (χ1n) is 11.5. The summed E-state index contributed by atoms with van der Waals surface area (Å²) in [6.45, 7) is 3.76. The van der Waals surface area contributed by atoms with Crippen LogP contribution in [-0.2, 0) is 29.6 Å². The number of carbonyl (C=O) groups excluding carboxylic acids is 1. The summed E-state index contributed by atoms with van der Waals surface area (Å²) in [7, 11) is -5.61. The molecule has 1 saturated carbocycles. The molecular weight excluding hydrogens is 506 g/mol. The number of aryl methyl sites for hydroxylation is 1. The lowest BCUT2D eigenvalue weighted by Crippen LogP contribution is -2.53. The summed E-state index contributed by atoms with van der Waals surface area (Å²) in [6, 6.07) is 8.02. The average Bonchev–Trinajstić information content (AvgIpc) is 3.25. The van der Waals surface area contributed by atoms with E-state index in [2.05, 4.69) is 14.7 Å². The minimum atomic E-state index is -3.84. The lowest BCUT2D eigenvalue weighted by molar-refractivity contribution is -0.142. The molecule has 0 saturated heterocycles. The van der Waals surface area contributed by atoms with E-state index in [0.29, 0.717) is 24.0 Å². The number of nitrogens with zero attached hydrogens (tertiary/aromatic N) is 4. The molecule has 1 aliphatic carbocycles. The molecule has 4 rings (SSSR count). The van der Waals surface area contributed by atoms with Crippen LogP contribution in [0.25, 0.3) is 11.0 Å². The number of nitrogens with one attached hydrogen (secondary N) is 1. The van der Waals surface area contributed by atoms with Crippen molar-refractivity contribution in [3.63, 3.8) is 0 Å². The number of benzene rings is 1. The van der Waals surface area contributed by atoms with Crippen molar-refractivity contribution in [2.24, 2.45) is 0 Å². The predicted octanol–water partition coefficient (Wildman–Crippen LogP) is 1.82. The maximum Gasteiger partial charge on any atom is 0.306 e. The van der Waals surface area contributed by atoms with Crippen LogP contribution in [0.3, 0.4) is 0 Å². The largest absolute Gasteiger partial charge is 0.466 e. The molecule has 11 nitrogen and oxygen atoms in total. The fourth-order valence-electron chi connectivity index (χ4n) is 4.15. The number of rotatable bonds is 10. The van der Waals surface area contributed by atoms with Crippen LogP contribution in [0.15, 0.2) is 47.8 Å². The van der Waals surface area contributed by atoms with Crippen molar-refractivity contribution in [2.45, 2.75) is 50.1 Å². The van der Waals surface area contributed by atoms with Crippen LogP contribution in [0.4, 0.5) is 5.82 Å². The lowest BCUT2D eigenvalue weighted by Gasteiger charge is -2.41. The van der Waals surface area contributed by atoms with Gasteiger partial charge >= 0.3 is 5.97 Å². The van der Waals surface area contributed by atoms with Crippen molar-refractivity contribution in [1.82, 2.24) is 18.7 Å². The third kappa shape index (κ3) is 5.37. The van der Waals surface area contributed by atoms with Gasteiger partial charge in [-0.25, -0.2) is 35.5 Å². The summed E-state index contributed by atoms with van der Waals surface area (Å²) >= 11 is 0. The summed E-state index contributed by atoms with van der Waals surface area (Å²) < 4.78 is 59.5. The van der Waals surface area contributed by atoms with Crippen LogP contribution in [0.5, 0.6) is 0 Å². The zero-order chi connectivity index (χ0) is 26.1. The fraction of sp³-hybridized carbons (Fsp3) is 0.435. The Kier molecular flexibility index (Phi) is 7.34. The fourth-order valence-corrected chi connectivity index (χ4v) is 6.71. The maximum absolute atomic E-state index is 13.2. The van der Waals surface area contributed by atoms with E-state index >= 15 is 0 Å². The van der Waals surface area contributed by atoms with Gasteiger partial charge in [-0.3, -0.25) is 4.79 Å². The number of hydrogen-bond acceptors (Lipinski definition) is 9. The zero-order valence-electron chi connectivity index (χ0n) is 20.3. The number of aromatic nitrogens is 3. The molecule has 3 aromatic rings. The summed E-state index contributed by atoms with van der Waals surface area (Å²) in [6.07, 6.45) is 3.68. The Morgan fingerprint density at radius 1 is 1.14 bits per heavy atom. The first kappa shape index (κ1) is 26.0. The topological polar surface area (TPSA) is 141 Å². The Balaban J connectivity index is 1.45. The van der Waals surface area contributed by atoms with Crippen LogP contribution >= 0.6 is 0 Å². The van der Waals surface area contributed by atoms with Gasteiger partial charge in [0.2, 0.25) is 10.0 Å². The Morgan fingerprint density at radius 3 is 2.50 bits per heavy atom. The van der Waals surface area contributed by atoms with Crippen molar-refractivity contribution in [2.75, 3.05) is 24.3 Å². The highest BCUT2D eigenvalue weighted by Gasteiger charge is 2.36. The molecule has 0 unspecified atom stereocenters. The van der Waals surface area contributed by atoms with Crippen molar-refractivity contribution in [1.29, 1.82) is 0 Å². The van der Waals surface area contributed by atoms with E-state index in [1.165, 1.54) is 12.5 Å². The van der Waals surface area contributed by atoms with Crippen molar-refractivity contribution in [3.8, 4) is 0 Å². The van der Waals surface area contributed by atoms with Crippen LogP contribution < -0.4 is 9.62 Å². The number of ether oxygens (including phenoxy) is 1. The third-order valence-electron chi connectivity index (χ3n) is 6.23. The molecule has 0 radical (unpaired) electrons. The molecule has 0 aliphatic heterocycles. The molecule has 0 atom stereocenters. The van der Waals surface area contributed by atoms with Crippen LogP contribution in [0.1, 0.15) is 31.7 Å². The van der Waals surface area contributed by atoms with E-state index < -0.39 is 26.0 Å².